The number of carbonyl (C=O) groups excluding carboxylic acids is 3. The number of hydrogen-bond acceptors (Lipinski definition) is 3. The highest BCUT2D eigenvalue weighted by molar-refractivity contribution is 6.03. The van der Waals surface area contributed by atoms with Gasteiger partial charge < -0.3 is 15.5 Å². The van der Waals surface area contributed by atoms with E-state index < -0.39 is 12.1 Å². The molecule has 4 rings (SSSR count). The number of nitrogens with zero attached hydrogens (tertiary/aromatic N) is 2. The van der Waals surface area contributed by atoms with E-state index in [4.69, 9.17) is 0 Å². The molecular weight excluding hydrogens is 416 g/mol. The molecule has 2 N–H and O–H groups in total. The Labute approximate surface area is 194 Å². The van der Waals surface area contributed by atoms with E-state index in [0.717, 1.165) is 11.1 Å². The number of benzene rings is 2. The highest BCUT2D eigenvalue weighted by Gasteiger charge is 2.47. The third-order valence-corrected chi connectivity index (χ3v) is 6.06. The predicted molar refractivity (Wildman–Crippen MR) is 126 cm³/mol. The van der Waals surface area contributed by atoms with Crippen LogP contribution in [0, 0.1) is 5.92 Å². The Hall–Kier alpha value is -3.61. The summed E-state index contributed by atoms with van der Waals surface area (Å²) in [5.41, 5.74) is 2.77. The summed E-state index contributed by atoms with van der Waals surface area (Å²) in [5, 5.41) is 5.97. The van der Waals surface area contributed by atoms with E-state index in [1.54, 1.807) is 9.80 Å². The summed E-state index contributed by atoms with van der Waals surface area (Å²) < 4.78 is 0. The lowest BCUT2D eigenvalue weighted by Crippen LogP contribution is -2.47. The highest BCUT2D eigenvalue weighted by Crippen LogP contribution is 2.39. The second-order valence-corrected chi connectivity index (χ2v) is 8.78. The summed E-state index contributed by atoms with van der Waals surface area (Å²) in [6, 6.07) is 17.2. The summed E-state index contributed by atoms with van der Waals surface area (Å²) >= 11 is 0. The van der Waals surface area contributed by atoms with Crippen LogP contribution in [0.15, 0.2) is 71.9 Å². The van der Waals surface area contributed by atoms with E-state index in [0.29, 0.717) is 24.4 Å². The molecule has 0 aromatic heterocycles. The fourth-order valence-corrected chi connectivity index (χ4v) is 4.46. The molecule has 0 saturated heterocycles. The monoisotopic (exact) mass is 446 g/mol. The van der Waals surface area contributed by atoms with Gasteiger partial charge in [-0.2, -0.15) is 0 Å². The van der Waals surface area contributed by atoms with E-state index in [-0.39, 0.29) is 30.3 Å². The highest BCUT2D eigenvalue weighted by atomic mass is 16.2. The van der Waals surface area contributed by atoms with E-state index in [1.165, 1.54) is 0 Å². The molecule has 0 bridgehead atoms. The first kappa shape index (κ1) is 22.6. The number of rotatable bonds is 7. The van der Waals surface area contributed by atoms with Gasteiger partial charge in [-0.1, -0.05) is 74.5 Å². The van der Waals surface area contributed by atoms with Crippen LogP contribution in [0.5, 0.6) is 0 Å². The van der Waals surface area contributed by atoms with Crippen molar-refractivity contribution >= 4 is 17.8 Å². The Kier molecular flexibility index (Phi) is 6.49. The van der Waals surface area contributed by atoms with Crippen LogP contribution in [0.2, 0.25) is 0 Å². The molecule has 4 amide bonds. The van der Waals surface area contributed by atoms with E-state index in [1.807, 2.05) is 81.4 Å². The number of urea groups is 1. The van der Waals surface area contributed by atoms with Gasteiger partial charge >= 0.3 is 6.03 Å². The van der Waals surface area contributed by atoms with Crippen molar-refractivity contribution in [3.63, 3.8) is 0 Å². The van der Waals surface area contributed by atoms with Gasteiger partial charge in [-0.3, -0.25) is 14.5 Å². The first-order valence-corrected chi connectivity index (χ1v) is 11.4. The molecule has 0 spiro atoms. The van der Waals surface area contributed by atoms with Crippen LogP contribution >= 0.6 is 0 Å². The number of amides is 4. The predicted octanol–water partition coefficient (Wildman–Crippen LogP) is 3.38. The third kappa shape index (κ3) is 4.35. The van der Waals surface area contributed by atoms with Gasteiger partial charge in [-0.25, -0.2) is 4.79 Å². The molecule has 33 heavy (non-hydrogen) atoms. The van der Waals surface area contributed by atoms with Gasteiger partial charge in [0.1, 0.15) is 6.04 Å². The lowest BCUT2D eigenvalue weighted by Gasteiger charge is -2.32. The van der Waals surface area contributed by atoms with Gasteiger partial charge in [0.15, 0.2) is 0 Å². The lowest BCUT2D eigenvalue weighted by molar-refractivity contribution is -0.136. The fraction of sp³-hybridized carbons (Fsp3) is 0.346. The zero-order valence-electron chi connectivity index (χ0n) is 19.2. The smallest absolute Gasteiger partial charge is 0.322 e. The molecule has 2 atom stereocenters. The van der Waals surface area contributed by atoms with Gasteiger partial charge in [0.05, 0.1) is 23.9 Å². The van der Waals surface area contributed by atoms with Crippen molar-refractivity contribution in [3.8, 4) is 0 Å². The molecule has 2 aromatic rings. The van der Waals surface area contributed by atoms with Gasteiger partial charge in [-0.05, 0) is 24.0 Å². The molecule has 2 aliphatic rings. The van der Waals surface area contributed by atoms with E-state index in [9.17, 15) is 14.4 Å². The fourth-order valence-electron chi connectivity index (χ4n) is 4.46. The standard InChI is InChI=1S/C26H30N4O3/c1-4-29-20-16-30(23(19-13-9-6-10-14-19)24(31)27-15-17(2)3)25(32)21(20)22(28-26(29)33)18-11-7-5-8-12-18/h5-14,17,22-23H,4,15-16H2,1-3H3,(H,27,31)(H,28,33)/t22-,23+/m0/s1. The zero-order chi connectivity index (χ0) is 23.5. The Morgan fingerprint density at radius 2 is 1.70 bits per heavy atom. The van der Waals surface area contributed by atoms with Crippen molar-refractivity contribution in [3.05, 3.63) is 83.1 Å². The van der Waals surface area contributed by atoms with Crippen LogP contribution in [0.4, 0.5) is 4.79 Å². The molecule has 7 heteroatoms. The lowest BCUT2D eigenvalue weighted by atomic mass is 9.95. The maximum absolute atomic E-state index is 13.9. The van der Waals surface area contributed by atoms with Crippen molar-refractivity contribution in [1.29, 1.82) is 0 Å². The van der Waals surface area contributed by atoms with E-state index >= 15 is 0 Å². The zero-order valence-corrected chi connectivity index (χ0v) is 19.2. The van der Waals surface area contributed by atoms with Crippen molar-refractivity contribution in [1.82, 2.24) is 20.4 Å². The molecule has 7 nitrogen and oxygen atoms in total. The largest absolute Gasteiger partial charge is 0.354 e. The van der Waals surface area contributed by atoms with Gasteiger partial charge in [0.2, 0.25) is 5.91 Å². The van der Waals surface area contributed by atoms with Crippen molar-refractivity contribution in [2.45, 2.75) is 32.9 Å². The molecule has 0 fully saturated rings. The molecule has 2 aliphatic heterocycles. The Morgan fingerprint density at radius 1 is 1.06 bits per heavy atom. The maximum atomic E-state index is 13.9. The summed E-state index contributed by atoms with van der Waals surface area (Å²) in [5.74, 6) is -0.168. The summed E-state index contributed by atoms with van der Waals surface area (Å²) in [6.45, 7) is 7.09. The SMILES string of the molecule is CCN1C(=O)N[C@@H](c2ccccc2)C2=C1CN([C@@H](C(=O)NCC(C)C)c1ccccc1)C2=O. The molecule has 0 radical (unpaired) electrons. The molecule has 0 aliphatic carbocycles. The minimum absolute atomic E-state index is 0.202. The summed E-state index contributed by atoms with van der Waals surface area (Å²) in [7, 11) is 0. The van der Waals surface area contributed by atoms with Crippen LogP contribution in [-0.2, 0) is 9.59 Å². The van der Waals surface area contributed by atoms with Crippen LogP contribution in [0.3, 0.4) is 0 Å². The average Bonchev–Trinajstić information content (AvgIpc) is 3.15. The van der Waals surface area contributed by atoms with Crippen LogP contribution in [0.1, 0.15) is 44.0 Å². The summed E-state index contributed by atoms with van der Waals surface area (Å²) in [6.07, 6.45) is 0. The third-order valence-electron chi connectivity index (χ3n) is 6.06. The van der Waals surface area contributed by atoms with Crippen LogP contribution in [0.25, 0.3) is 0 Å². The number of carbonyl (C=O) groups is 3. The molecule has 2 aromatic carbocycles. The topological polar surface area (TPSA) is 81.8 Å². The molecule has 2 heterocycles. The van der Waals surface area contributed by atoms with Crippen molar-refractivity contribution in [2.24, 2.45) is 5.92 Å². The number of hydrogen-bond donors (Lipinski definition) is 2. The Bertz CT molecular complexity index is 1070. The minimum atomic E-state index is -0.784. The number of likely N-dealkylation sites (N-methyl/N-ethyl adjacent to an activating group) is 1. The Morgan fingerprint density at radius 3 is 2.30 bits per heavy atom. The quantitative estimate of drug-likeness (QED) is 0.684. The molecule has 172 valence electrons. The number of nitrogens with one attached hydrogen (secondary N) is 2. The minimum Gasteiger partial charge on any atom is -0.354 e. The second kappa shape index (κ2) is 9.48. The Balaban J connectivity index is 1.74. The van der Waals surface area contributed by atoms with Crippen LogP contribution in [-0.4, -0.2) is 47.3 Å². The second-order valence-electron chi connectivity index (χ2n) is 8.78. The van der Waals surface area contributed by atoms with Gasteiger partial charge in [-0.15, -0.1) is 0 Å². The van der Waals surface area contributed by atoms with E-state index in [2.05, 4.69) is 10.6 Å². The summed E-state index contributed by atoms with van der Waals surface area (Å²) in [4.78, 5) is 43.3. The first-order valence-electron chi connectivity index (χ1n) is 11.4. The normalized spacial score (nSPS) is 19.0. The van der Waals surface area contributed by atoms with Gasteiger partial charge in [0, 0.05) is 13.1 Å². The average molecular weight is 447 g/mol. The van der Waals surface area contributed by atoms with Crippen LogP contribution < -0.4 is 10.6 Å². The van der Waals surface area contributed by atoms with Crippen molar-refractivity contribution in [2.75, 3.05) is 19.6 Å². The molecule has 0 unspecified atom stereocenters. The van der Waals surface area contributed by atoms with Crippen molar-refractivity contribution < 1.29 is 14.4 Å². The maximum Gasteiger partial charge on any atom is 0.322 e. The van der Waals surface area contributed by atoms with Gasteiger partial charge in [0.25, 0.3) is 5.91 Å². The first-order chi connectivity index (χ1) is 15.9. The molecule has 0 saturated carbocycles. The molecular formula is C26H30N4O3.